The largest absolute Gasteiger partial charge is 0.485 e. The topological polar surface area (TPSA) is 48.1 Å². The van der Waals surface area contributed by atoms with E-state index >= 15 is 0 Å². The Bertz CT molecular complexity index is 506. The summed E-state index contributed by atoms with van der Waals surface area (Å²) in [7, 11) is 0. The van der Waals surface area contributed by atoms with E-state index in [4.69, 9.17) is 10.5 Å². The molecule has 0 unspecified atom stereocenters. The molecule has 0 aliphatic rings. The van der Waals surface area contributed by atoms with Crippen LogP contribution in [0.1, 0.15) is 30.9 Å². The number of hydrogen-bond donors (Lipinski definition) is 1. The molecule has 0 aliphatic heterocycles. The normalized spacial score (nSPS) is 10.6. The molecule has 1 heterocycles. The fourth-order valence-electron chi connectivity index (χ4n) is 1.68. The zero-order valence-electron chi connectivity index (χ0n) is 10.8. The zero-order valence-corrected chi connectivity index (χ0v) is 10.8. The first kappa shape index (κ1) is 12.4. The lowest BCUT2D eigenvalue weighted by molar-refractivity contribution is 0.307. The first-order valence-corrected chi connectivity index (χ1v) is 6.09. The smallest absolute Gasteiger partial charge is 0.166 e. The maximum absolute atomic E-state index is 5.71. The lowest BCUT2D eigenvalue weighted by Crippen LogP contribution is -2.00. The lowest BCUT2D eigenvalue weighted by atomic mass is 10.0. The molecule has 0 radical (unpaired) electrons. The van der Waals surface area contributed by atoms with Gasteiger partial charge in [-0.2, -0.15) is 0 Å². The first-order valence-electron chi connectivity index (χ1n) is 6.09. The number of ether oxygens (including phenoxy) is 1. The maximum Gasteiger partial charge on any atom is 0.166 e. The molecular weight excluding hydrogens is 224 g/mol. The summed E-state index contributed by atoms with van der Waals surface area (Å²) in [4.78, 5) is 3.98. The van der Waals surface area contributed by atoms with Gasteiger partial charge in [-0.1, -0.05) is 38.1 Å². The van der Waals surface area contributed by atoms with Crippen LogP contribution in [0.4, 0.5) is 5.82 Å². The molecule has 3 heteroatoms. The number of pyridine rings is 1. The van der Waals surface area contributed by atoms with E-state index in [2.05, 4.69) is 43.1 Å². The summed E-state index contributed by atoms with van der Waals surface area (Å²) >= 11 is 0. The highest BCUT2D eigenvalue weighted by atomic mass is 16.5. The van der Waals surface area contributed by atoms with Gasteiger partial charge in [-0.25, -0.2) is 4.98 Å². The van der Waals surface area contributed by atoms with Crippen LogP contribution in [-0.4, -0.2) is 4.98 Å². The van der Waals surface area contributed by atoms with Crippen molar-refractivity contribution in [1.82, 2.24) is 4.98 Å². The van der Waals surface area contributed by atoms with Crippen molar-refractivity contribution in [2.24, 2.45) is 0 Å². The maximum atomic E-state index is 5.71. The van der Waals surface area contributed by atoms with Crippen LogP contribution in [0.5, 0.6) is 5.75 Å². The van der Waals surface area contributed by atoms with Gasteiger partial charge in [0, 0.05) is 6.20 Å². The Morgan fingerprint density at radius 3 is 2.50 bits per heavy atom. The number of hydrogen-bond acceptors (Lipinski definition) is 3. The average molecular weight is 242 g/mol. The third-order valence-electron chi connectivity index (χ3n) is 2.84. The van der Waals surface area contributed by atoms with Crippen LogP contribution in [-0.2, 0) is 6.61 Å². The van der Waals surface area contributed by atoms with Crippen molar-refractivity contribution < 1.29 is 4.74 Å². The Morgan fingerprint density at radius 2 is 1.89 bits per heavy atom. The predicted octanol–water partition coefficient (Wildman–Crippen LogP) is 3.37. The van der Waals surface area contributed by atoms with E-state index in [1.807, 2.05) is 12.1 Å². The van der Waals surface area contributed by atoms with Crippen molar-refractivity contribution in [2.45, 2.75) is 26.4 Å². The highest BCUT2D eigenvalue weighted by Gasteiger charge is 2.02. The standard InChI is InChI=1S/C15H18N2O/c1-11(2)13-7-5-12(6-8-13)10-18-14-4-3-9-17-15(14)16/h3-9,11H,10H2,1-2H3,(H2,16,17). The van der Waals surface area contributed by atoms with E-state index < -0.39 is 0 Å². The third-order valence-corrected chi connectivity index (χ3v) is 2.84. The monoisotopic (exact) mass is 242 g/mol. The molecule has 94 valence electrons. The van der Waals surface area contributed by atoms with Crippen LogP contribution < -0.4 is 10.5 Å². The first-order chi connectivity index (χ1) is 8.66. The Kier molecular flexibility index (Phi) is 3.82. The summed E-state index contributed by atoms with van der Waals surface area (Å²) in [6.07, 6.45) is 1.65. The summed E-state index contributed by atoms with van der Waals surface area (Å²) in [5.41, 5.74) is 8.17. The van der Waals surface area contributed by atoms with Gasteiger partial charge in [0.05, 0.1) is 0 Å². The number of benzene rings is 1. The second-order valence-electron chi connectivity index (χ2n) is 4.57. The van der Waals surface area contributed by atoms with Gasteiger partial charge in [0.15, 0.2) is 11.6 Å². The Labute approximate surface area is 108 Å². The number of rotatable bonds is 4. The van der Waals surface area contributed by atoms with E-state index in [-0.39, 0.29) is 0 Å². The van der Waals surface area contributed by atoms with Crippen LogP contribution in [0.2, 0.25) is 0 Å². The second-order valence-corrected chi connectivity index (χ2v) is 4.57. The molecule has 0 amide bonds. The van der Waals surface area contributed by atoms with Gasteiger partial charge in [-0.05, 0) is 29.2 Å². The molecular formula is C15H18N2O. The summed E-state index contributed by atoms with van der Waals surface area (Å²) < 4.78 is 5.64. The van der Waals surface area contributed by atoms with E-state index in [9.17, 15) is 0 Å². The van der Waals surface area contributed by atoms with Gasteiger partial charge in [0.25, 0.3) is 0 Å². The highest BCUT2D eigenvalue weighted by Crippen LogP contribution is 2.19. The predicted molar refractivity (Wildman–Crippen MR) is 73.5 cm³/mol. The van der Waals surface area contributed by atoms with E-state index in [1.54, 1.807) is 6.20 Å². The zero-order chi connectivity index (χ0) is 13.0. The number of nitrogens with two attached hydrogens (primary N) is 1. The van der Waals surface area contributed by atoms with Crippen LogP contribution in [0.3, 0.4) is 0 Å². The summed E-state index contributed by atoms with van der Waals surface area (Å²) in [5.74, 6) is 1.61. The number of aromatic nitrogens is 1. The van der Waals surface area contributed by atoms with Crippen molar-refractivity contribution in [3.05, 3.63) is 53.7 Å². The quantitative estimate of drug-likeness (QED) is 0.894. The number of nitrogen functional groups attached to an aromatic ring is 1. The molecule has 0 saturated carbocycles. The number of nitrogens with zero attached hydrogens (tertiary/aromatic N) is 1. The molecule has 3 nitrogen and oxygen atoms in total. The van der Waals surface area contributed by atoms with Crippen LogP contribution in [0.25, 0.3) is 0 Å². The molecule has 0 saturated heterocycles. The molecule has 2 rings (SSSR count). The Morgan fingerprint density at radius 1 is 1.17 bits per heavy atom. The minimum absolute atomic E-state index is 0.427. The summed E-state index contributed by atoms with van der Waals surface area (Å²) in [6, 6.07) is 12.1. The minimum atomic E-state index is 0.427. The summed E-state index contributed by atoms with van der Waals surface area (Å²) in [6.45, 7) is 4.87. The van der Waals surface area contributed by atoms with Gasteiger partial charge in [-0.15, -0.1) is 0 Å². The molecule has 0 atom stereocenters. The van der Waals surface area contributed by atoms with Gasteiger partial charge >= 0.3 is 0 Å². The van der Waals surface area contributed by atoms with Gasteiger partial charge in [0.1, 0.15) is 6.61 Å². The molecule has 1 aromatic heterocycles. The van der Waals surface area contributed by atoms with Crippen molar-refractivity contribution in [1.29, 1.82) is 0 Å². The second kappa shape index (κ2) is 5.54. The summed E-state index contributed by atoms with van der Waals surface area (Å²) in [5, 5.41) is 0. The number of anilines is 1. The van der Waals surface area contributed by atoms with Crippen LogP contribution >= 0.6 is 0 Å². The molecule has 1 aromatic carbocycles. The Hall–Kier alpha value is -2.03. The van der Waals surface area contributed by atoms with Crippen molar-refractivity contribution >= 4 is 5.82 Å². The van der Waals surface area contributed by atoms with Gasteiger partial charge < -0.3 is 10.5 Å². The molecule has 0 bridgehead atoms. The third kappa shape index (κ3) is 3.00. The minimum Gasteiger partial charge on any atom is -0.485 e. The fraction of sp³-hybridized carbons (Fsp3) is 0.267. The molecule has 2 aromatic rings. The van der Waals surface area contributed by atoms with Gasteiger partial charge in [0.2, 0.25) is 0 Å². The van der Waals surface area contributed by atoms with Crippen molar-refractivity contribution in [3.8, 4) is 5.75 Å². The highest BCUT2D eigenvalue weighted by molar-refractivity contribution is 5.44. The molecule has 0 fully saturated rings. The van der Waals surface area contributed by atoms with Gasteiger partial charge in [-0.3, -0.25) is 0 Å². The molecule has 0 spiro atoms. The molecule has 2 N–H and O–H groups in total. The van der Waals surface area contributed by atoms with Crippen LogP contribution in [0.15, 0.2) is 42.6 Å². The SMILES string of the molecule is CC(C)c1ccc(COc2cccnc2N)cc1. The fourth-order valence-corrected chi connectivity index (χ4v) is 1.68. The average Bonchev–Trinajstić information content (AvgIpc) is 2.38. The van der Waals surface area contributed by atoms with Crippen molar-refractivity contribution in [3.63, 3.8) is 0 Å². The van der Waals surface area contributed by atoms with E-state index in [0.29, 0.717) is 24.1 Å². The molecule has 18 heavy (non-hydrogen) atoms. The molecule has 0 aliphatic carbocycles. The van der Waals surface area contributed by atoms with E-state index in [0.717, 1.165) is 5.56 Å². The van der Waals surface area contributed by atoms with Crippen molar-refractivity contribution in [2.75, 3.05) is 5.73 Å². The van der Waals surface area contributed by atoms with Crippen LogP contribution in [0, 0.1) is 0 Å². The Balaban J connectivity index is 2.00. The lowest BCUT2D eigenvalue weighted by Gasteiger charge is -2.09. The van der Waals surface area contributed by atoms with E-state index in [1.165, 1.54) is 5.56 Å².